The Bertz CT molecular complexity index is 441. The van der Waals surface area contributed by atoms with Gasteiger partial charge in [0.15, 0.2) is 0 Å². The lowest BCUT2D eigenvalue weighted by molar-refractivity contribution is 0.558. The van der Waals surface area contributed by atoms with E-state index >= 15 is 0 Å². The minimum absolute atomic E-state index is 0.126. The summed E-state index contributed by atoms with van der Waals surface area (Å²) in [6.07, 6.45) is 0. The van der Waals surface area contributed by atoms with Gasteiger partial charge in [-0.1, -0.05) is 13.8 Å². The molecule has 0 radical (unpaired) electrons. The number of anilines is 1. The number of halogens is 1. The Labute approximate surface area is 123 Å². The molecule has 1 N–H and O–H groups in total. The Morgan fingerprint density at radius 1 is 1.15 bits per heavy atom. The van der Waals surface area contributed by atoms with Crippen molar-refractivity contribution in [1.29, 1.82) is 0 Å². The number of hydrogen-bond donors (Lipinski definition) is 1. The fraction of sp³-hybridized carbons (Fsp3) is 0.647. The first-order valence-electron chi connectivity index (χ1n) is 7.51. The van der Waals surface area contributed by atoms with Crippen LogP contribution >= 0.6 is 0 Å². The van der Waals surface area contributed by atoms with Gasteiger partial charge in [-0.15, -0.1) is 0 Å². The lowest BCUT2D eigenvalue weighted by Crippen LogP contribution is -2.35. The first-order chi connectivity index (χ1) is 9.27. The van der Waals surface area contributed by atoms with E-state index in [1.807, 2.05) is 20.0 Å². The third-order valence-electron chi connectivity index (χ3n) is 3.70. The highest BCUT2D eigenvalue weighted by Gasteiger charge is 2.20. The average Bonchev–Trinajstić information content (AvgIpc) is 2.37. The van der Waals surface area contributed by atoms with Gasteiger partial charge in [0, 0.05) is 24.3 Å². The van der Waals surface area contributed by atoms with Gasteiger partial charge in [0.25, 0.3) is 0 Å². The zero-order chi connectivity index (χ0) is 15.4. The van der Waals surface area contributed by atoms with Gasteiger partial charge >= 0.3 is 0 Å². The summed E-state index contributed by atoms with van der Waals surface area (Å²) in [5.74, 6) is 0.444. The average molecular weight is 280 g/mol. The summed E-state index contributed by atoms with van der Waals surface area (Å²) in [5, 5.41) is 3.22. The topological polar surface area (TPSA) is 15.3 Å². The highest BCUT2D eigenvalue weighted by Crippen LogP contribution is 2.31. The molecular formula is C17H29FN2. The fourth-order valence-corrected chi connectivity index (χ4v) is 2.41. The van der Waals surface area contributed by atoms with E-state index in [0.29, 0.717) is 17.5 Å². The smallest absolute Gasteiger partial charge is 0.126 e. The van der Waals surface area contributed by atoms with Crippen LogP contribution in [0.4, 0.5) is 10.1 Å². The molecule has 0 saturated heterocycles. The molecule has 0 bridgehead atoms. The van der Waals surface area contributed by atoms with Gasteiger partial charge < -0.3 is 10.2 Å². The molecule has 114 valence electrons. The van der Waals surface area contributed by atoms with Crippen LogP contribution in [0.3, 0.4) is 0 Å². The van der Waals surface area contributed by atoms with Crippen molar-refractivity contribution >= 4 is 5.69 Å². The van der Waals surface area contributed by atoms with Crippen molar-refractivity contribution in [2.24, 2.45) is 5.92 Å². The fourth-order valence-electron chi connectivity index (χ4n) is 2.41. The molecule has 2 nitrogen and oxygen atoms in total. The summed E-state index contributed by atoms with van der Waals surface area (Å²) in [4.78, 5) is 2.38. The molecule has 0 aliphatic carbocycles. The second kappa shape index (κ2) is 7.07. The summed E-state index contributed by atoms with van der Waals surface area (Å²) >= 11 is 0. The van der Waals surface area contributed by atoms with E-state index in [2.05, 4.69) is 44.8 Å². The van der Waals surface area contributed by atoms with Gasteiger partial charge in [0.05, 0.1) is 0 Å². The number of nitrogens with one attached hydrogen (secondary N) is 1. The molecule has 1 atom stereocenters. The van der Waals surface area contributed by atoms with Crippen molar-refractivity contribution in [3.63, 3.8) is 0 Å². The summed E-state index contributed by atoms with van der Waals surface area (Å²) < 4.78 is 13.9. The van der Waals surface area contributed by atoms with Crippen LogP contribution in [0.15, 0.2) is 12.1 Å². The van der Waals surface area contributed by atoms with E-state index < -0.39 is 0 Å². The van der Waals surface area contributed by atoms with Crippen LogP contribution in [-0.2, 0) is 0 Å². The first kappa shape index (κ1) is 17.0. The number of hydrogen-bond acceptors (Lipinski definition) is 2. The molecule has 0 aromatic heterocycles. The largest absolute Gasteiger partial charge is 0.369 e. The van der Waals surface area contributed by atoms with E-state index in [1.54, 1.807) is 6.07 Å². The van der Waals surface area contributed by atoms with Crippen LogP contribution in [-0.4, -0.2) is 19.6 Å². The van der Waals surface area contributed by atoms with Crippen LogP contribution < -0.4 is 10.2 Å². The second-order valence-electron chi connectivity index (χ2n) is 6.31. The Morgan fingerprint density at radius 2 is 1.75 bits per heavy atom. The molecule has 1 aromatic rings. The molecule has 20 heavy (non-hydrogen) atoms. The van der Waals surface area contributed by atoms with Gasteiger partial charge in [-0.2, -0.15) is 0 Å². The number of rotatable bonds is 6. The maximum atomic E-state index is 13.9. The predicted molar refractivity (Wildman–Crippen MR) is 85.9 cm³/mol. The summed E-state index contributed by atoms with van der Waals surface area (Å²) in [5.41, 5.74) is 2.89. The molecule has 0 spiro atoms. The van der Waals surface area contributed by atoms with Gasteiger partial charge in [-0.25, -0.2) is 4.39 Å². The normalized spacial score (nSPS) is 13.1. The number of benzene rings is 1. The van der Waals surface area contributed by atoms with Crippen molar-refractivity contribution in [1.82, 2.24) is 5.32 Å². The van der Waals surface area contributed by atoms with Gasteiger partial charge in [0.1, 0.15) is 5.82 Å². The van der Waals surface area contributed by atoms with Crippen molar-refractivity contribution in [3.05, 3.63) is 29.1 Å². The third-order valence-corrected chi connectivity index (χ3v) is 3.70. The SMILES string of the molecule is CNC(C)c1cc(F)c(C)cc1N(CC(C)C)C(C)C. The zero-order valence-electron chi connectivity index (χ0n) is 13.9. The van der Waals surface area contributed by atoms with Crippen LogP contribution in [0.1, 0.15) is 51.8 Å². The lowest BCUT2D eigenvalue weighted by atomic mass is 10.0. The zero-order valence-corrected chi connectivity index (χ0v) is 13.9. The standard InChI is InChI=1S/C17H29FN2/c1-11(2)10-20(12(3)4)17-8-13(5)16(18)9-15(17)14(6)19-7/h8-9,11-12,14,19H,10H2,1-7H3. The number of aryl methyl sites for hydroxylation is 1. The Balaban J connectivity index is 3.34. The maximum Gasteiger partial charge on any atom is 0.126 e. The molecule has 1 aromatic carbocycles. The molecule has 0 fully saturated rings. The third kappa shape index (κ3) is 3.95. The summed E-state index contributed by atoms with van der Waals surface area (Å²) in [6, 6.07) is 4.20. The predicted octanol–water partition coefficient (Wildman–Crippen LogP) is 4.29. The first-order valence-corrected chi connectivity index (χ1v) is 7.51. The highest BCUT2D eigenvalue weighted by atomic mass is 19.1. The molecule has 1 rings (SSSR count). The lowest BCUT2D eigenvalue weighted by Gasteiger charge is -2.34. The van der Waals surface area contributed by atoms with E-state index in [9.17, 15) is 4.39 Å². The Kier molecular flexibility index (Phi) is 6.00. The summed E-state index contributed by atoms with van der Waals surface area (Å²) in [7, 11) is 1.91. The maximum absolute atomic E-state index is 13.9. The van der Waals surface area contributed by atoms with E-state index in [-0.39, 0.29) is 11.9 Å². The van der Waals surface area contributed by atoms with Crippen molar-refractivity contribution < 1.29 is 4.39 Å². The minimum Gasteiger partial charge on any atom is -0.369 e. The molecule has 1 unspecified atom stereocenters. The molecular weight excluding hydrogens is 251 g/mol. The quantitative estimate of drug-likeness (QED) is 0.836. The summed E-state index contributed by atoms with van der Waals surface area (Å²) in [6.45, 7) is 13.7. The van der Waals surface area contributed by atoms with Crippen molar-refractivity contribution in [3.8, 4) is 0 Å². The molecule has 0 aliphatic rings. The minimum atomic E-state index is -0.126. The Hall–Kier alpha value is -1.09. The van der Waals surface area contributed by atoms with E-state index in [0.717, 1.165) is 17.8 Å². The van der Waals surface area contributed by atoms with Crippen molar-refractivity contribution in [2.75, 3.05) is 18.5 Å². The number of nitrogens with zero attached hydrogens (tertiary/aromatic N) is 1. The van der Waals surface area contributed by atoms with Crippen LogP contribution in [0.2, 0.25) is 0 Å². The van der Waals surface area contributed by atoms with Gasteiger partial charge in [0.2, 0.25) is 0 Å². The van der Waals surface area contributed by atoms with Crippen LogP contribution in [0, 0.1) is 18.7 Å². The Morgan fingerprint density at radius 3 is 2.20 bits per heavy atom. The molecule has 0 amide bonds. The molecule has 3 heteroatoms. The van der Waals surface area contributed by atoms with Crippen LogP contribution in [0.25, 0.3) is 0 Å². The second-order valence-corrected chi connectivity index (χ2v) is 6.31. The molecule has 0 heterocycles. The molecule has 0 saturated carbocycles. The van der Waals surface area contributed by atoms with Crippen LogP contribution in [0.5, 0.6) is 0 Å². The van der Waals surface area contributed by atoms with E-state index in [1.165, 1.54) is 0 Å². The molecule has 0 aliphatic heterocycles. The highest BCUT2D eigenvalue weighted by molar-refractivity contribution is 5.57. The monoisotopic (exact) mass is 280 g/mol. The van der Waals surface area contributed by atoms with Crippen molar-refractivity contribution in [2.45, 2.75) is 53.6 Å². The van der Waals surface area contributed by atoms with E-state index in [4.69, 9.17) is 0 Å². The van der Waals surface area contributed by atoms with Gasteiger partial charge in [-0.3, -0.25) is 0 Å². The van der Waals surface area contributed by atoms with Gasteiger partial charge in [-0.05, 0) is 63.9 Å².